The number of anilines is 3. The van der Waals surface area contributed by atoms with Gasteiger partial charge in [-0.1, -0.05) is 0 Å². The van der Waals surface area contributed by atoms with Crippen LogP contribution in [0.1, 0.15) is 40.9 Å². The molecule has 4 heterocycles. The predicted molar refractivity (Wildman–Crippen MR) is 149 cm³/mol. The lowest BCUT2D eigenvalue weighted by atomic mass is 9.93. The van der Waals surface area contributed by atoms with Gasteiger partial charge in [-0.25, -0.2) is 18.0 Å². The smallest absolute Gasteiger partial charge is 0.269 e. The number of rotatable bonds is 5. The van der Waals surface area contributed by atoms with Gasteiger partial charge in [-0.2, -0.15) is 5.10 Å². The number of fused-ring (bicyclic) bond motifs is 2. The van der Waals surface area contributed by atoms with E-state index < -0.39 is 17.4 Å². The van der Waals surface area contributed by atoms with Crippen molar-refractivity contribution in [3.05, 3.63) is 65.6 Å². The SMILES string of the molecule is CNC(=O)c1cc2cc(N3CCCS3=O)ccc2c(N2CCCc3cc(-c4cnn(C)c4)c(C(F)F)cc32)n1. The summed E-state index contributed by atoms with van der Waals surface area (Å²) in [7, 11) is 2.22. The highest BCUT2D eigenvalue weighted by atomic mass is 32.2. The van der Waals surface area contributed by atoms with Crippen LogP contribution in [0.4, 0.5) is 26.0 Å². The monoisotopic (exact) mass is 550 g/mol. The number of hydrogen-bond acceptors (Lipinski definition) is 5. The molecule has 1 N–H and O–H groups in total. The Balaban J connectivity index is 1.52. The van der Waals surface area contributed by atoms with Crippen LogP contribution in [0.2, 0.25) is 0 Å². The molecule has 8 nitrogen and oxygen atoms in total. The largest absolute Gasteiger partial charge is 0.354 e. The van der Waals surface area contributed by atoms with E-state index in [0.717, 1.165) is 41.3 Å². The van der Waals surface area contributed by atoms with Gasteiger partial charge in [0.05, 0.1) is 6.20 Å². The summed E-state index contributed by atoms with van der Waals surface area (Å²) in [6, 6.07) is 10.9. The molecule has 0 radical (unpaired) electrons. The highest BCUT2D eigenvalue weighted by Gasteiger charge is 2.28. The van der Waals surface area contributed by atoms with Crippen LogP contribution >= 0.6 is 0 Å². The third kappa shape index (κ3) is 4.54. The van der Waals surface area contributed by atoms with Crippen molar-refractivity contribution in [3.8, 4) is 11.1 Å². The van der Waals surface area contributed by atoms with Gasteiger partial charge in [-0.05, 0) is 72.2 Å². The van der Waals surface area contributed by atoms with Crippen molar-refractivity contribution in [3.63, 3.8) is 0 Å². The van der Waals surface area contributed by atoms with Gasteiger partial charge in [0.1, 0.15) is 22.5 Å². The highest BCUT2D eigenvalue weighted by Crippen LogP contribution is 2.43. The predicted octanol–water partition coefficient (Wildman–Crippen LogP) is 4.89. The van der Waals surface area contributed by atoms with Gasteiger partial charge in [0.25, 0.3) is 12.3 Å². The Kier molecular flexibility index (Phi) is 6.54. The average Bonchev–Trinajstić information content (AvgIpc) is 3.58. The van der Waals surface area contributed by atoms with Crippen LogP contribution in [0.5, 0.6) is 0 Å². The zero-order valence-corrected chi connectivity index (χ0v) is 22.5. The lowest BCUT2D eigenvalue weighted by Crippen LogP contribution is -2.27. The van der Waals surface area contributed by atoms with Crippen LogP contribution < -0.4 is 14.5 Å². The van der Waals surface area contributed by atoms with E-state index >= 15 is 0 Å². The van der Waals surface area contributed by atoms with Crippen molar-refractivity contribution in [2.75, 3.05) is 35.1 Å². The summed E-state index contributed by atoms with van der Waals surface area (Å²) < 4.78 is 44.7. The molecule has 39 heavy (non-hydrogen) atoms. The second-order valence-corrected chi connectivity index (χ2v) is 11.3. The standard InChI is InChI=1S/C28H28F2N6O2S/c1-31-28(37)24-13-18-11-20(36-9-4-10-39(36)38)6-7-21(18)27(33-24)35-8-3-5-17-12-22(19-15-32-34(2)16-19)23(26(29)30)14-25(17)35/h6-7,11-16,26H,3-5,8-10H2,1-2H3,(H,31,37). The number of benzene rings is 2. The molecular weight excluding hydrogens is 522 g/mol. The fraction of sp³-hybridized carbons (Fsp3) is 0.321. The summed E-state index contributed by atoms with van der Waals surface area (Å²) >= 11 is 0. The Hall–Kier alpha value is -3.86. The third-order valence-corrected chi connectivity index (χ3v) is 8.87. The molecule has 2 aliphatic rings. The van der Waals surface area contributed by atoms with Crippen molar-refractivity contribution in [1.29, 1.82) is 0 Å². The van der Waals surface area contributed by atoms with Crippen LogP contribution in [0.25, 0.3) is 21.9 Å². The zero-order valence-electron chi connectivity index (χ0n) is 21.7. The number of carbonyl (C=O) groups excluding carboxylic acids is 1. The molecule has 11 heteroatoms. The molecule has 0 bridgehead atoms. The van der Waals surface area contributed by atoms with E-state index in [1.165, 1.54) is 0 Å². The average molecular weight is 551 g/mol. The van der Waals surface area contributed by atoms with E-state index in [1.54, 1.807) is 43.3 Å². The van der Waals surface area contributed by atoms with E-state index in [2.05, 4.69) is 10.4 Å². The topological polar surface area (TPSA) is 83.4 Å². The first-order valence-corrected chi connectivity index (χ1v) is 14.2. The molecule has 1 fully saturated rings. The van der Waals surface area contributed by atoms with Gasteiger partial charge in [-0.15, -0.1) is 0 Å². The third-order valence-electron chi connectivity index (χ3n) is 7.34. The summed E-state index contributed by atoms with van der Waals surface area (Å²) in [5.41, 5.74) is 3.69. The molecule has 2 aromatic carbocycles. The van der Waals surface area contributed by atoms with Gasteiger partial charge < -0.3 is 10.2 Å². The molecule has 1 amide bonds. The van der Waals surface area contributed by atoms with E-state index in [4.69, 9.17) is 4.98 Å². The van der Waals surface area contributed by atoms with Crippen molar-refractivity contribution in [1.82, 2.24) is 20.1 Å². The lowest BCUT2D eigenvalue weighted by molar-refractivity contribution is 0.0958. The first kappa shape index (κ1) is 25.4. The normalized spacial score (nSPS) is 17.2. The number of aryl methyl sites for hydroxylation is 2. The van der Waals surface area contributed by atoms with Gasteiger partial charge in [0.15, 0.2) is 0 Å². The summed E-state index contributed by atoms with van der Waals surface area (Å²) in [6.45, 7) is 1.27. The number of pyridine rings is 1. The second-order valence-electron chi connectivity index (χ2n) is 9.82. The molecule has 1 unspecified atom stereocenters. The number of amides is 1. The van der Waals surface area contributed by atoms with Crippen LogP contribution in [0, 0.1) is 0 Å². The molecule has 4 aromatic rings. The summed E-state index contributed by atoms with van der Waals surface area (Å²) in [5.74, 6) is 0.822. The van der Waals surface area contributed by atoms with E-state index in [0.29, 0.717) is 41.5 Å². The highest BCUT2D eigenvalue weighted by molar-refractivity contribution is 7.86. The Bertz CT molecular complexity index is 1620. The Morgan fingerprint density at radius 3 is 2.67 bits per heavy atom. The Labute approximate surface area is 227 Å². The zero-order chi connectivity index (χ0) is 27.3. The first-order valence-electron chi connectivity index (χ1n) is 12.9. The molecule has 0 saturated carbocycles. The minimum atomic E-state index is -2.68. The maximum absolute atomic E-state index is 14.4. The quantitative estimate of drug-likeness (QED) is 0.383. The number of halogens is 2. The van der Waals surface area contributed by atoms with Gasteiger partial charge in [0.2, 0.25) is 0 Å². The first-order chi connectivity index (χ1) is 18.8. The number of nitrogens with one attached hydrogen (secondary N) is 1. The molecule has 1 saturated heterocycles. The lowest BCUT2D eigenvalue weighted by Gasteiger charge is -2.33. The van der Waals surface area contributed by atoms with E-state index in [9.17, 15) is 17.8 Å². The van der Waals surface area contributed by atoms with Crippen molar-refractivity contribution < 1.29 is 17.8 Å². The van der Waals surface area contributed by atoms with Gasteiger partial charge in [0, 0.05) is 67.0 Å². The molecular formula is C28H28F2N6O2S. The van der Waals surface area contributed by atoms with Crippen LogP contribution in [0.3, 0.4) is 0 Å². The Morgan fingerprint density at radius 1 is 1.13 bits per heavy atom. The van der Waals surface area contributed by atoms with Crippen molar-refractivity contribution >= 4 is 44.9 Å². The molecule has 2 aliphatic heterocycles. The number of hydrogen-bond donors (Lipinski definition) is 1. The molecule has 0 spiro atoms. The van der Waals surface area contributed by atoms with Gasteiger partial charge >= 0.3 is 0 Å². The number of alkyl halides is 2. The fourth-order valence-corrected chi connectivity index (χ4v) is 6.76. The molecule has 1 atom stereocenters. The van der Waals surface area contributed by atoms with Crippen molar-refractivity contribution in [2.45, 2.75) is 25.7 Å². The molecule has 6 rings (SSSR count). The van der Waals surface area contributed by atoms with Crippen LogP contribution in [-0.2, 0) is 24.5 Å². The number of carbonyl (C=O) groups is 1. The van der Waals surface area contributed by atoms with Crippen LogP contribution in [0.15, 0.2) is 48.8 Å². The maximum Gasteiger partial charge on any atom is 0.269 e. The van der Waals surface area contributed by atoms with E-state index in [-0.39, 0.29) is 17.2 Å². The van der Waals surface area contributed by atoms with Crippen molar-refractivity contribution in [2.24, 2.45) is 7.05 Å². The summed E-state index contributed by atoms with van der Waals surface area (Å²) in [6.07, 6.45) is 3.04. The van der Waals surface area contributed by atoms with Crippen LogP contribution in [-0.4, -0.2) is 50.8 Å². The molecule has 2 aromatic heterocycles. The number of aromatic nitrogens is 3. The van der Waals surface area contributed by atoms with Gasteiger partial charge in [-0.3, -0.25) is 13.8 Å². The second kappa shape index (κ2) is 10.0. The Morgan fingerprint density at radius 2 is 1.97 bits per heavy atom. The number of nitrogens with zero attached hydrogens (tertiary/aromatic N) is 5. The molecule has 202 valence electrons. The maximum atomic E-state index is 14.4. The molecule has 0 aliphatic carbocycles. The summed E-state index contributed by atoms with van der Waals surface area (Å²) in [5, 5.41) is 8.37. The minimum Gasteiger partial charge on any atom is -0.354 e. The summed E-state index contributed by atoms with van der Waals surface area (Å²) in [4.78, 5) is 19.4. The minimum absolute atomic E-state index is 0.0702. The fourth-order valence-electron chi connectivity index (χ4n) is 5.48. The van der Waals surface area contributed by atoms with E-state index in [1.807, 2.05) is 33.5 Å².